The molecule has 0 heterocycles. The van der Waals surface area contributed by atoms with Gasteiger partial charge in [-0.05, 0) is 30.2 Å². The maximum Gasteiger partial charge on any atom is 0.0652 e. The molecule has 0 N–H and O–H groups in total. The first-order chi connectivity index (χ1) is 10.7. The van der Waals surface area contributed by atoms with Gasteiger partial charge in [-0.25, -0.2) is 0 Å². The minimum atomic E-state index is -0.391. The van der Waals surface area contributed by atoms with Gasteiger partial charge in [-0.15, -0.1) is 0 Å². The molecule has 0 saturated heterocycles. The molecule has 0 aliphatic heterocycles. The first-order valence-electron chi connectivity index (χ1n) is 10.5. The zero-order valence-corrected chi connectivity index (χ0v) is 27.0. The monoisotopic (exact) mass is 471 g/mol. The quantitative estimate of drug-likeness (QED) is 0.308. The molecule has 0 amide bonds. The van der Waals surface area contributed by atoms with Gasteiger partial charge in [-0.3, -0.25) is 0 Å². The molecule has 0 fully saturated rings. The Hall–Kier alpha value is 1.07. The van der Waals surface area contributed by atoms with Crippen LogP contribution in [0.25, 0.3) is 0 Å². The van der Waals surface area contributed by atoms with Gasteiger partial charge in [-0.2, -0.15) is 0 Å². The standard InChI is InChI=1S/2C12H27Si.Ga.2H2/c2*1-10(2,3)13(11(4,5)6)12(7,8)9;;;/h2*1-9H3;;2*1H. The molecule has 0 unspecified atom stereocenters. The molecule has 165 valence electrons. The van der Waals surface area contributed by atoms with Crippen LogP contribution in [0.5, 0.6) is 0 Å². The molecule has 0 saturated carbocycles. The summed E-state index contributed by atoms with van der Waals surface area (Å²) in [5, 5.41) is 2.92. The summed E-state index contributed by atoms with van der Waals surface area (Å²) in [5.74, 6) is 0. The van der Waals surface area contributed by atoms with Gasteiger partial charge in [0.25, 0.3) is 0 Å². The SMILES string of the molecule is CC(C)(C)[Si](C(C)(C)C)C(C)(C)C.CC(C)(C)[Si](C(C)(C)C)C(C)(C)C.[Ga].[HH].[HH]. The maximum atomic E-state index is 2.40. The van der Waals surface area contributed by atoms with Crippen molar-refractivity contribution in [3.05, 3.63) is 0 Å². The summed E-state index contributed by atoms with van der Waals surface area (Å²) in [6, 6.07) is 0. The molecule has 0 aliphatic carbocycles. The van der Waals surface area contributed by atoms with Crippen molar-refractivity contribution in [3.63, 3.8) is 0 Å². The molecule has 0 aromatic carbocycles. The molecule has 0 aromatic heterocycles. The Morgan fingerprint density at radius 2 is 0.370 bits per heavy atom. The van der Waals surface area contributed by atoms with E-state index < -0.39 is 17.6 Å². The molecule has 0 rings (SSSR count). The van der Waals surface area contributed by atoms with E-state index in [9.17, 15) is 0 Å². The van der Waals surface area contributed by atoms with E-state index in [0.717, 1.165) is 0 Å². The average Bonchev–Trinajstić information content (AvgIpc) is 1.97. The molecule has 0 aromatic rings. The second-order valence-corrected chi connectivity index (χ2v) is 24.8. The van der Waals surface area contributed by atoms with Crippen molar-refractivity contribution in [3.8, 4) is 0 Å². The van der Waals surface area contributed by atoms with E-state index >= 15 is 0 Å². The maximum absolute atomic E-state index is 2.40. The fraction of sp³-hybridized carbons (Fsp3) is 1.00. The molecule has 0 spiro atoms. The van der Waals surface area contributed by atoms with Gasteiger partial charge in [0.2, 0.25) is 0 Å². The van der Waals surface area contributed by atoms with E-state index in [1.165, 1.54) is 0 Å². The Morgan fingerprint density at radius 1 is 0.296 bits per heavy atom. The van der Waals surface area contributed by atoms with Crippen LogP contribution in [0.4, 0.5) is 0 Å². The van der Waals surface area contributed by atoms with E-state index in [0.29, 0.717) is 30.2 Å². The van der Waals surface area contributed by atoms with E-state index in [1.54, 1.807) is 0 Å². The van der Waals surface area contributed by atoms with Crippen LogP contribution in [-0.4, -0.2) is 37.4 Å². The smallest absolute Gasteiger partial charge is 0.0627 e. The van der Waals surface area contributed by atoms with Gasteiger partial charge in [0.15, 0.2) is 0 Å². The second-order valence-electron chi connectivity index (χ2n) is 14.2. The third-order valence-corrected chi connectivity index (χ3v) is 13.5. The largest absolute Gasteiger partial charge is 0.0652 e. The van der Waals surface area contributed by atoms with E-state index in [-0.39, 0.29) is 22.6 Å². The van der Waals surface area contributed by atoms with Crippen molar-refractivity contribution in [1.82, 2.24) is 0 Å². The summed E-state index contributed by atoms with van der Waals surface area (Å²) in [4.78, 5) is 0. The first kappa shape index (κ1) is 32.7. The summed E-state index contributed by atoms with van der Waals surface area (Å²) in [6.45, 7) is 43.2. The molecular formula is C24H58GaSi2. The summed E-state index contributed by atoms with van der Waals surface area (Å²) in [7, 11) is -0.782. The van der Waals surface area contributed by atoms with Crippen LogP contribution in [-0.2, 0) is 0 Å². The van der Waals surface area contributed by atoms with E-state index in [4.69, 9.17) is 0 Å². The summed E-state index contributed by atoms with van der Waals surface area (Å²) in [6.07, 6.45) is 0. The van der Waals surface area contributed by atoms with Crippen LogP contribution >= 0.6 is 0 Å². The molecular weight excluding hydrogens is 414 g/mol. The van der Waals surface area contributed by atoms with Gasteiger partial charge >= 0.3 is 0 Å². The number of rotatable bonds is 0. The fourth-order valence-electron chi connectivity index (χ4n) is 6.75. The van der Waals surface area contributed by atoms with Crippen molar-refractivity contribution in [1.29, 1.82) is 0 Å². The molecule has 5 radical (unpaired) electrons. The van der Waals surface area contributed by atoms with Gasteiger partial charge < -0.3 is 0 Å². The van der Waals surface area contributed by atoms with Gasteiger partial charge in [0.1, 0.15) is 0 Å². The normalized spacial score (nSPS) is 14.7. The Morgan fingerprint density at radius 3 is 0.370 bits per heavy atom. The molecule has 0 bridgehead atoms. The molecule has 0 nitrogen and oxygen atoms in total. The van der Waals surface area contributed by atoms with Crippen molar-refractivity contribution in [2.75, 3.05) is 0 Å². The second kappa shape index (κ2) is 9.92. The van der Waals surface area contributed by atoms with Crippen molar-refractivity contribution in [2.45, 2.75) is 155 Å². The minimum absolute atomic E-state index is 0. The molecule has 0 atom stereocenters. The zero-order chi connectivity index (χ0) is 22.2. The van der Waals surface area contributed by atoms with Gasteiger partial charge in [-0.1, -0.05) is 125 Å². The predicted octanol–water partition coefficient (Wildman–Crippen LogP) is 9.87. The van der Waals surface area contributed by atoms with Crippen molar-refractivity contribution in [2.24, 2.45) is 0 Å². The van der Waals surface area contributed by atoms with Crippen LogP contribution in [0.1, 0.15) is 127 Å². The van der Waals surface area contributed by atoms with E-state index in [2.05, 4.69) is 125 Å². The molecule has 3 heteroatoms. The Bertz CT molecular complexity index is 314. The molecule has 0 aliphatic rings. The zero-order valence-electron chi connectivity index (χ0n) is 22.6. The van der Waals surface area contributed by atoms with E-state index in [1.807, 2.05) is 0 Å². The average molecular weight is 473 g/mol. The topological polar surface area (TPSA) is 0 Å². The van der Waals surface area contributed by atoms with Crippen molar-refractivity contribution < 1.29 is 2.85 Å². The fourth-order valence-corrected chi connectivity index (χ4v) is 20.2. The minimum Gasteiger partial charge on any atom is -0.0627 e. The summed E-state index contributed by atoms with van der Waals surface area (Å²) >= 11 is 0. The summed E-state index contributed by atoms with van der Waals surface area (Å²) in [5.41, 5.74) is 0. The summed E-state index contributed by atoms with van der Waals surface area (Å²) < 4.78 is 0. The number of hydrogen-bond donors (Lipinski definition) is 0. The predicted molar refractivity (Wildman–Crippen MR) is 140 cm³/mol. The van der Waals surface area contributed by atoms with Crippen LogP contribution in [0.2, 0.25) is 30.2 Å². The Balaban J connectivity index is -0.000000120. The van der Waals surface area contributed by atoms with Crippen molar-refractivity contribution >= 4 is 37.4 Å². The third-order valence-electron chi connectivity index (χ3n) is 4.50. The van der Waals surface area contributed by atoms with Crippen LogP contribution in [0.3, 0.4) is 0 Å². The van der Waals surface area contributed by atoms with Crippen LogP contribution in [0.15, 0.2) is 0 Å². The Labute approximate surface area is 194 Å². The van der Waals surface area contributed by atoms with Crippen LogP contribution < -0.4 is 0 Å². The molecule has 27 heavy (non-hydrogen) atoms. The number of hydrogen-bond acceptors (Lipinski definition) is 0. The van der Waals surface area contributed by atoms with Crippen LogP contribution in [0, 0.1) is 0 Å². The first-order valence-corrected chi connectivity index (χ1v) is 13.5. The third kappa shape index (κ3) is 12.4. The van der Waals surface area contributed by atoms with Gasteiger partial charge in [0, 0.05) is 22.6 Å². The Kier molecular flexibility index (Phi) is 12.0. The van der Waals surface area contributed by atoms with Gasteiger partial charge in [0.05, 0.1) is 17.6 Å².